The van der Waals surface area contributed by atoms with Crippen LogP contribution in [0.3, 0.4) is 0 Å². The first-order valence-corrected chi connectivity index (χ1v) is 7.06. The highest BCUT2D eigenvalue weighted by Crippen LogP contribution is 2.32. The van der Waals surface area contributed by atoms with Crippen molar-refractivity contribution < 1.29 is 9.32 Å². The van der Waals surface area contributed by atoms with E-state index in [0.29, 0.717) is 18.5 Å². The molecule has 1 aromatic rings. The Bertz CT molecular complexity index is 499. The first-order valence-electron chi connectivity index (χ1n) is 7.06. The lowest BCUT2D eigenvalue weighted by Gasteiger charge is -2.31. The van der Waals surface area contributed by atoms with E-state index >= 15 is 0 Å². The summed E-state index contributed by atoms with van der Waals surface area (Å²) in [7, 11) is 0. The van der Waals surface area contributed by atoms with Crippen molar-refractivity contribution in [3.05, 3.63) is 29.2 Å². The lowest BCUT2D eigenvalue weighted by Crippen LogP contribution is -2.42. The number of carbonyl (C=O) groups excluding carboxylic acids is 1. The summed E-state index contributed by atoms with van der Waals surface area (Å²) in [5.74, 6) is 1.11. The quantitative estimate of drug-likeness (QED) is 0.785. The van der Waals surface area contributed by atoms with Crippen LogP contribution in [0.2, 0.25) is 0 Å². The fraction of sp³-hybridized carbons (Fsp3) is 0.600. The van der Waals surface area contributed by atoms with E-state index in [1.54, 1.807) is 0 Å². The third-order valence-electron chi connectivity index (χ3n) is 4.37. The van der Waals surface area contributed by atoms with Crippen molar-refractivity contribution in [1.82, 2.24) is 10.1 Å². The van der Waals surface area contributed by atoms with E-state index in [2.05, 4.69) is 22.2 Å². The SMILES string of the molecule is Cc1noc(C)c1CCC(=O)N1C2C=CCC1CC2. The lowest BCUT2D eigenvalue weighted by atomic mass is 10.1. The van der Waals surface area contributed by atoms with Crippen molar-refractivity contribution >= 4 is 5.91 Å². The van der Waals surface area contributed by atoms with E-state index in [4.69, 9.17) is 4.52 Å². The summed E-state index contributed by atoms with van der Waals surface area (Å²) < 4.78 is 5.14. The normalized spacial score (nSPS) is 25.1. The van der Waals surface area contributed by atoms with Crippen molar-refractivity contribution in [3.63, 3.8) is 0 Å². The minimum atomic E-state index is 0.275. The van der Waals surface area contributed by atoms with E-state index in [9.17, 15) is 4.79 Å². The summed E-state index contributed by atoms with van der Waals surface area (Å²) in [4.78, 5) is 14.5. The van der Waals surface area contributed by atoms with Gasteiger partial charge < -0.3 is 9.42 Å². The van der Waals surface area contributed by atoms with Crippen molar-refractivity contribution in [3.8, 4) is 0 Å². The van der Waals surface area contributed by atoms with Crippen molar-refractivity contribution in [2.45, 2.75) is 58.0 Å². The zero-order chi connectivity index (χ0) is 13.4. The predicted molar refractivity (Wildman–Crippen MR) is 71.7 cm³/mol. The van der Waals surface area contributed by atoms with Crippen LogP contribution in [0.25, 0.3) is 0 Å². The Morgan fingerprint density at radius 1 is 1.47 bits per heavy atom. The highest BCUT2D eigenvalue weighted by Gasteiger charge is 2.36. The molecule has 2 aliphatic rings. The van der Waals surface area contributed by atoms with Gasteiger partial charge in [-0.1, -0.05) is 17.3 Å². The smallest absolute Gasteiger partial charge is 0.223 e. The molecule has 0 aliphatic carbocycles. The van der Waals surface area contributed by atoms with Gasteiger partial charge in [0.05, 0.1) is 11.7 Å². The molecule has 1 amide bonds. The second-order valence-electron chi connectivity index (χ2n) is 5.57. The van der Waals surface area contributed by atoms with E-state index in [0.717, 1.165) is 42.7 Å². The number of hydrogen-bond donors (Lipinski definition) is 0. The minimum Gasteiger partial charge on any atom is -0.361 e. The van der Waals surface area contributed by atoms with Crippen LogP contribution < -0.4 is 0 Å². The standard InChI is InChI=1S/C15H20N2O2/c1-10-14(11(2)19-16-10)8-9-15(18)17-12-4-3-5-13(17)7-6-12/h3-4,12-13H,5-9H2,1-2H3. The molecule has 0 saturated carbocycles. The Balaban J connectivity index is 1.65. The van der Waals surface area contributed by atoms with Crippen LogP contribution in [-0.2, 0) is 11.2 Å². The summed E-state index contributed by atoms with van der Waals surface area (Å²) in [6.45, 7) is 3.84. The lowest BCUT2D eigenvalue weighted by molar-refractivity contribution is -0.133. The summed E-state index contributed by atoms with van der Waals surface area (Å²) >= 11 is 0. The van der Waals surface area contributed by atoms with E-state index in [1.807, 2.05) is 13.8 Å². The summed E-state index contributed by atoms with van der Waals surface area (Å²) in [5, 5.41) is 3.94. The van der Waals surface area contributed by atoms with Crippen LogP contribution >= 0.6 is 0 Å². The molecule has 102 valence electrons. The first kappa shape index (κ1) is 12.5. The molecule has 0 radical (unpaired) electrons. The second-order valence-corrected chi connectivity index (χ2v) is 5.57. The maximum atomic E-state index is 12.4. The molecule has 2 aliphatic heterocycles. The second kappa shape index (κ2) is 4.83. The van der Waals surface area contributed by atoms with Crippen LogP contribution in [0.1, 0.15) is 42.7 Å². The molecule has 4 heteroatoms. The number of amides is 1. The molecule has 3 rings (SSSR count). The van der Waals surface area contributed by atoms with Gasteiger partial charge in [-0.05, 0) is 39.5 Å². The van der Waals surface area contributed by atoms with Gasteiger partial charge in [0.25, 0.3) is 0 Å². The molecule has 19 heavy (non-hydrogen) atoms. The third-order valence-corrected chi connectivity index (χ3v) is 4.37. The van der Waals surface area contributed by atoms with Gasteiger partial charge in [-0.2, -0.15) is 0 Å². The Morgan fingerprint density at radius 2 is 2.32 bits per heavy atom. The summed E-state index contributed by atoms with van der Waals surface area (Å²) in [6, 6.07) is 0.781. The fourth-order valence-electron chi connectivity index (χ4n) is 3.33. The zero-order valence-electron chi connectivity index (χ0n) is 11.6. The number of carbonyl (C=O) groups is 1. The largest absolute Gasteiger partial charge is 0.361 e. The molecule has 1 aromatic heterocycles. The molecular weight excluding hydrogens is 240 g/mol. The number of nitrogens with zero attached hydrogens (tertiary/aromatic N) is 2. The number of aromatic nitrogens is 1. The number of fused-ring (bicyclic) bond motifs is 2. The molecule has 0 N–H and O–H groups in total. The average Bonchev–Trinajstić information content (AvgIpc) is 2.84. The number of hydrogen-bond acceptors (Lipinski definition) is 3. The summed E-state index contributed by atoms with van der Waals surface area (Å²) in [6.07, 6.45) is 9.00. The minimum absolute atomic E-state index is 0.275. The van der Waals surface area contributed by atoms with Crippen LogP contribution in [0.15, 0.2) is 16.7 Å². The van der Waals surface area contributed by atoms with Crippen molar-refractivity contribution in [2.24, 2.45) is 0 Å². The first-order chi connectivity index (χ1) is 9.16. The Hall–Kier alpha value is -1.58. The van der Waals surface area contributed by atoms with Crippen LogP contribution in [-0.4, -0.2) is 28.0 Å². The third kappa shape index (κ3) is 2.20. The van der Waals surface area contributed by atoms with Crippen LogP contribution in [0.4, 0.5) is 0 Å². The van der Waals surface area contributed by atoms with Gasteiger partial charge in [-0.3, -0.25) is 4.79 Å². The van der Waals surface area contributed by atoms with E-state index in [1.165, 1.54) is 0 Å². The van der Waals surface area contributed by atoms with Gasteiger partial charge in [0.2, 0.25) is 5.91 Å². The maximum absolute atomic E-state index is 12.4. The molecule has 2 atom stereocenters. The highest BCUT2D eigenvalue weighted by molar-refractivity contribution is 5.78. The molecule has 4 nitrogen and oxygen atoms in total. The van der Waals surface area contributed by atoms with Crippen LogP contribution in [0.5, 0.6) is 0 Å². The Labute approximate surface area is 113 Å². The fourth-order valence-corrected chi connectivity index (χ4v) is 3.33. The number of rotatable bonds is 3. The van der Waals surface area contributed by atoms with Gasteiger partial charge in [-0.15, -0.1) is 0 Å². The average molecular weight is 260 g/mol. The van der Waals surface area contributed by atoms with Crippen LogP contribution in [0, 0.1) is 13.8 Å². The molecule has 3 heterocycles. The molecule has 1 fully saturated rings. The van der Waals surface area contributed by atoms with Gasteiger partial charge in [-0.25, -0.2) is 0 Å². The number of aryl methyl sites for hydroxylation is 2. The van der Waals surface area contributed by atoms with Gasteiger partial charge >= 0.3 is 0 Å². The summed E-state index contributed by atoms with van der Waals surface area (Å²) in [5.41, 5.74) is 2.00. The molecule has 1 saturated heterocycles. The molecule has 0 spiro atoms. The van der Waals surface area contributed by atoms with Gasteiger partial charge in [0.1, 0.15) is 5.76 Å². The van der Waals surface area contributed by atoms with Crippen molar-refractivity contribution in [1.29, 1.82) is 0 Å². The zero-order valence-corrected chi connectivity index (χ0v) is 11.6. The topological polar surface area (TPSA) is 46.3 Å². The molecule has 2 bridgehead atoms. The molecule has 0 aromatic carbocycles. The van der Waals surface area contributed by atoms with Gasteiger partial charge in [0.15, 0.2) is 0 Å². The monoisotopic (exact) mass is 260 g/mol. The van der Waals surface area contributed by atoms with Crippen molar-refractivity contribution in [2.75, 3.05) is 0 Å². The maximum Gasteiger partial charge on any atom is 0.223 e. The Morgan fingerprint density at radius 3 is 3.00 bits per heavy atom. The Kier molecular flexibility index (Phi) is 3.17. The molecular formula is C15H20N2O2. The predicted octanol–water partition coefficient (Wildman–Crippen LogP) is 2.54. The molecule has 2 unspecified atom stereocenters. The highest BCUT2D eigenvalue weighted by atomic mass is 16.5. The van der Waals surface area contributed by atoms with E-state index < -0.39 is 0 Å². The van der Waals surface area contributed by atoms with E-state index in [-0.39, 0.29) is 5.91 Å². The van der Waals surface area contributed by atoms with Gasteiger partial charge in [0, 0.05) is 18.0 Å².